The van der Waals surface area contributed by atoms with Gasteiger partial charge in [0.1, 0.15) is 5.78 Å². The number of sulfonamides is 1. The number of ether oxygens (including phenoxy) is 1. The van der Waals surface area contributed by atoms with Gasteiger partial charge in [-0.2, -0.15) is 0 Å². The van der Waals surface area contributed by atoms with Gasteiger partial charge in [0.2, 0.25) is 10.0 Å². The Bertz CT molecular complexity index is 640. The number of carbonyl (C=O) groups excluding carboxylic acids is 1. The second kappa shape index (κ2) is 5.97. The topological polar surface area (TPSA) is 116 Å². The van der Waals surface area contributed by atoms with Crippen molar-refractivity contribution in [1.29, 1.82) is 0 Å². The Morgan fingerprint density at radius 1 is 1.45 bits per heavy atom. The maximum absolute atomic E-state index is 12.0. The fourth-order valence-corrected chi connectivity index (χ4v) is 2.64. The summed E-state index contributed by atoms with van der Waals surface area (Å²) < 4.78 is 30.9. The lowest BCUT2D eigenvalue weighted by Gasteiger charge is -2.11. The van der Waals surface area contributed by atoms with Crippen LogP contribution in [0.3, 0.4) is 0 Å². The van der Waals surface area contributed by atoms with Crippen molar-refractivity contribution >= 4 is 21.5 Å². The first kappa shape index (κ1) is 16.1. The first-order valence-electron chi connectivity index (χ1n) is 5.54. The first-order chi connectivity index (χ1) is 9.19. The number of rotatable bonds is 6. The lowest BCUT2D eigenvalue weighted by atomic mass is 10.3. The Hall–Kier alpha value is -2.00. The minimum atomic E-state index is -4.02. The number of hydrogen-bond acceptors (Lipinski definition) is 6. The predicted molar refractivity (Wildman–Crippen MR) is 70.1 cm³/mol. The van der Waals surface area contributed by atoms with Crippen LogP contribution in [-0.2, 0) is 14.8 Å². The quantitative estimate of drug-likeness (QED) is 0.615. The summed E-state index contributed by atoms with van der Waals surface area (Å²) in [5.74, 6) is -0.412. The van der Waals surface area contributed by atoms with Crippen LogP contribution >= 0.6 is 0 Å². The van der Waals surface area contributed by atoms with E-state index in [1.807, 2.05) is 0 Å². The third kappa shape index (κ3) is 3.52. The third-order valence-electron chi connectivity index (χ3n) is 2.60. The van der Waals surface area contributed by atoms with Gasteiger partial charge in [-0.1, -0.05) is 0 Å². The Balaban J connectivity index is 3.23. The molecule has 110 valence electrons. The monoisotopic (exact) mass is 302 g/mol. The predicted octanol–water partition coefficient (Wildman–Crippen LogP) is 0.859. The highest BCUT2D eigenvalue weighted by molar-refractivity contribution is 7.89. The molecular formula is C11H14N2O6S. The molecule has 0 aromatic heterocycles. The first-order valence-corrected chi connectivity index (χ1v) is 7.02. The molecule has 0 fully saturated rings. The summed E-state index contributed by atoms with van der Waals surface area (Å²) in [7, 11) is -2.77. The molecule has 0 saturated heterocycles. The standard InChI is InChI=1S/C11H14N2O6S/c1-7(8(2)14)12-20(17,18)9-4-5-11(19-3)10(6-9)13(15)16/h4-7,12H,1-3H3. The van der Waals surface area contributed by atoms with E-state index >= 15 is 0 Å². The van der Waals surface area contributed by atoms with Crippen LogP contribution in [-0.4, -0.2) is 32.3 Å². The van der Waals surface area contributed by atoms with Crippen molar-refractivity contribution in [3.05, 3.63) is 28.3 Å². The smallest absolute Gasteiger partial charge is 0.312 e. The molecule has 1 N–H and O–H groups in total. The summed E-state index contributed by atoms with van der Waals surface area (Å²) >= 11 is 0. The maximum Gasteiger partial charge on any atom is 0.312 e. The van der Waals surface area contributed by atoms with E-state index in [0.717, 1.165) is 6.07 Å². The molecule has 0 radical (unpaired) electrons. The number of benzene rings is 1. The maximum atomic E-state index is 12.0. The van der Waals surface area contributed by atoms with E-state index in [2.05, 4.69) is 4.72 Å². The fourth-order valence-electron chi connectivity index (χ4n) is 1.36. The van der Waals surface area contributed by atoms with E-state index in [4.69, 9.17) is 4.74 Å². The van der Waals surface area contributed by atoms with E-state index in [-0.39, 0.29) is 16.4 Å². The summed E-state index contributed by atoms with van der Waals surface area (Å²) in [6.45, 7) is 2.63. The second-order valence-corrected chi connectivity index (χ2v) is 5.76. The van der Waals surface area contributed by atoms with Gasteiger partial charge < -0.3 is 4.74 Å². The SMILES string of the molecule is COc1ccc(S(=O)(=O)NC(C)C(C)=O)cc1[N+](=O)[O-]. The molecule has 20 heavy (non-hydrogen) atoms. The highest BCUT2D eigenvalue weighted by Crippen LogP contribution is 2.29. The summed E-state index contributed by atoms with van der Waals surface area (Å²) in [6.07, 6.45) is 0. The number of methoxy groups -OCH3 is 1. The van der Waals surface area contributed by atoms with Crippen molar-refractivity contribution in [3.8, 4) is 5.75 Å². The molecule has 1 aromatic carbocycles. The molecule has 0 bridgehead atoms. The van der Waals surface area contributed by atoms with Crippen LogP contribution in [0, 0.1) is 10.1 Å². The number of ketones is 1. The number of nitrogens with zero attached hydrogens (tertiary/aromatic N) is 1. The van der Waals surface area contributed by atoms with E-state index < -0.39 is 26.7 Å². The molecule has 8 nitrogen and oxygen atoms in total. The van der Waals surface area contributed by atoms with Crippen LogP contribution in [0.25, 0.3) is 0 Å². The van der Waals surface area contributed by atoms with E-state index in [9.17, 15) is 23.3 Å². The zero-order valence-electron chi connectivity index (χ0n) is 11.1. The Kier molecular flexibility index (Phi) is 4.79. The largest absolute Gasteiger partial charge is 0.490 e. The van der Waals surface area contributed by atoms with Gasteiger partial charge in [0.05, 0.1) is 23.0 Å². The van der Waals surface area contributed by atoms with Crippen molar-refractivity contribution in [2.75, 3.05) is 7.11 Å². The molecule has 9 heteroatoms. The Morgan fingerprint density at radius 3 is 2.50 bits per heavy atom. The molecule has 1 rings (SSSR count). The third-order valence-corrected chi connectivity index (χ3v) is 4.14. The summed E-state index contributed by atoms with van der Waals surface area (Å²) in [4.78, 5) is 20.9. The molecule has 0 aliphatic rings. The molecule has 0 spiro atoms. The normalized spacial score (nSPS) is 12.8. The van der Waals surface area contributed by atoms with Crippen LogP contribution in [0.5, 0.6) is 5.75 Å². The van der Waals surface area contributed by atoms with Gasteiger partial charge >= 0.3 is 5.69 Å². The van der Waals surface area contributed by atoms with E-state index in [0.29, 0.717) is 0 Å². The summed E-state index contributed by atoms with van der Waals surface area (Å²) in [5, 5.41) is 10.8. The number of Topliss-reactive ketones (excluding diaryl/α,β-unsaturated/α-hetero) is 1. The van der Waals surface area contributed by atoms with Crippen molar-refractivity contribution in [2.45, 2.75) is 24.8 Å². The Labute approximate surface area is 115 Å². The number of nitro groups is 1. The van der Waals surface area contributed by atoms with Gasteiger partial charge in [-0.05, 0) is 26.0 Å². The molecular weight excluding hydrogens is 288 g/mol. The number of carbonyl (C=O) groups is 1. The average molecular weight is 302 g/mol. The molecule has 0 saturated carbocycles. The highest BCUT2D eigenvalue weighted by Gasteiger charge is 2.24. The zero-order valence-corrected chi connectivity index (χ0v) is 11.9. The van der Waals surface area contributed by atoms with E-state index in [1.54, 1.807) is 0 Å². The Morgan fingerprint density at radius 2 is 2.05 bits per heavy atom. The summed E-state index contributed by atoms with van der Waals surface area (Å²) in [6, 6.07) is 2.32. The second-order valence-electron chi connectivity index (χ2n) is 4.04. The highest BCUT2D eigenvalue weighted by atomic mass is 32.2. The van der Waals surface area contributed by atoms with Crippen molar-refractivity contribution < 1.29 is 22.9 Å². The molecule has 0 aliphatic carbocycles. The van der Waals surface area contributed by atoms with Gasteiger partial charge in [0, 0.05) is 6.07 Å². The fraction of sp³-hybridized carbons (Fsp3) is 0.364. The molecule has 0 heterocycles. The average Bonchev–Trinajstić information content (AvgIpc) is 2.37. The number of nitro benzene ring substituents is 1. The minimum Gasteiger partial charge on any atom is -0.490 e. The van der Waals surface area contributed by atoms with Crippen LogP contribution in [0.4, 0.5) is 5.69 Å². The van der Waals surface area contributed by atoms with Crippen molar-refractivity contribution in [1.82, 2.24) is 4.72 Å². The number of nitrogens with one attached hydrogen (secondary N) is 1. The van der Waals surface area contributed by atoms with Gasteiger partial charge in [-0.3, -0.25) is 14.9 Å². The zero-order chi connectivity index (χ0) is 15.5. The summed E-state index contributed by atoms with van der Waals surface area (Å²) in [5.41, 5.74) is -0.467. The van der Waals surface area contributed by atoms with Crippen molar-refractivity contribution in [2.24, 2.45) is 0 Å². The van der Waals surface area contributed by atoms with E-state index in [1.165, 1.54) is 33.1 Å². The number of hydrogen-bond donors (Lipinski definition) is 1. The molecule has 0 amide bonds. The van der Waals surface area contributed by atoms with Crippen LogP contribution in [0.1, 0.15) is 13.8 Å². The van der Waals surface area contributed by atoms with Crippen LogP contribution < -0.4 is 9.46 Å². The van der Waals surface area contributed by atoms with Crippen molar-refractivity contribution in [3.63, 3.8) is 0 Å². The lowest BCUT2D eigenvalue weighted by Crippen LogP contribution is -2.37. The molecule has 0 aliphatic heterocycles. The lowest BCUT2D eigenvalue weighted by molar-refractivity contribution is -0.386. The molecule has 1 aromatic rings. The van der Waals surface area contributed by atoms with Crippen LogP contribution in [0.2, 0.25) is 0 Å². The van der Waals surface area contributed by atoms with Gasteiger partial charge in [0.25, 0.3) is 0 Å². The molecule has 1 atom stereocenters. The van der Waals surface area contributed by atoms with Crippen LogP contribution in [0.15, 0.2) is 23.1 Å². The van der Waals surface area contributed by atoms with Gasteiger partial charge in [-0.25, -0.2) is 13.1 Å². The minimum absolute atomic E-state index is 0.0476. The van der Waals surface area contributed by atoms with Gasteiger partial charge in [0.15, 0.2) is 5.75 Å². The molecule has 1 unspecified atom stereocenters. The van der Waals surface area contributed by atoms with Gasteiger partial charge in [-0.15, -0.1) is 0 Å².